The third-order valence-electron chi connectivity index (χ3n) is 7.76. The number of benzene rings is 1. The van der Waals surface area contributed by atoms with E-state index in [9.17, 15) is 14.3 Å². The zero-order valence-corrected chi connectivity index (χ0v) is 19.5. The minimum Gasteiger partial charge on any atom is -0.391 e. The molecule has 8 nitrogen and oxygen atoms in total. The van der Waals surface area contributed by atoms with Crippen molar-refractivity contribution in [2.45, 2.75) is 43.9 Å². The number of imidazole rings is 1. The van der Waals surface area contributed by atoms with Gasteiger partial charge in [0.25, 0.3) is 5.91 Å². The van der Waals surface area contributed by atoms with Crippen LogP contribution in [0.25, 0.3) is 16.9 Å². The molecule has 1 saturated heterocycles. The molecule has 1 saturated carbocycles. The molecule has 3 N–H and O–H groups in total. The van der Waals surface area contributed by atoms with Crippen molar-refractivity contribution in [2.75, 3.05) is 16.8 Å². The molecular formula is C27H25FN6O2. The van der Waals surface area contributed by atoms with Crippen LogP contribution in [0.2, 0.25) is 0 Å². The molecule has 0 bridgehead atoms. The predicted molar refractivity (Wildman–Crippen MR) is 134 cm³/mol. The number of nitrogens with zero attached hydrogens (tertiary/aromatic N) is 4. The smallest absolute Gasteiger partial charge is 0.254 e. The second kappa shape index (κ2) is 7.76. The number of piperidine rings is 1. The number of aliphatic hydroxyl groups is 1. The highest BCUT2D eigenvalue weighted by atomic mass is 19.1. The van der Waals surface area contributed by atoms with Crippen LogP contribution >= 0.6 is 0 Å². The number of carbonyl (C=O) groups excluding carboxylic acids is 1. The molecule has 3 aromatic heterocycles. The van der Waals surface area contributed by atoms with Crippen LogP contribution in [0.5, 0.6) is 0 Å². The van der Waals surface area contributed by atoms with Crippen LogP contribution in [0.4, 0.5) is 21.6 Å². The highest BCUT2D eigenvalue weighted by Gasteiger charge is 2.51. The van der Waals surface area contributed by atoms with Gasteiger partial charge in [-0.2, -0.15) is 0 Å². The number of hydrogen-bond donors (Lipinski definition) is 3. The summed E-state index contributed by atoms with van der Waals surface area (Å²) in [7, 11) is 0. The number of hydrogen-bond acceptors (Lipinski definition) is 6. The number of halogens is 1. The van der Waals surface area contributed by atoms with E-state index in [-0.39, 0.29) is 23.4 Å². The molecule has 1 unspecified atom stereocenters. The third kappa shape index (κ3) is 3.34. The number of β-amino-alcohol motifs (C(OH)–C–C–N with tert-alkyl or cyclic N) is 1. The quantitative estimate of drug-likeness (QED) is 0.405. The third-order valence-corrected chi connectivity index (χ3v) is 7.76. The van der Waals surface area contributed by atoms with Crippen LogP contribution in [-0.4, -0.2) is 43.6 Å². The first-order valence-electron chi connectivity index (χ1n) is 12.3. The van der Waals surface area contributed by atoms with E-state index < -0.39 is 0 Å². The molecular weight excluding hydrogens is 459 g/mol. The Morgan fingerprint density at radius 3 is 2.81 bits per heavy atom. The van der Waals surface area contributed by atoms with Gasteiger partial charge in [0, 0.05) is 36.5 Å². The summed E-state index contributed by atoms with van der Waals surface area (Å²) in [6.45, 7) is 1.02. The maximum absolute atomic E-state index is 13.6. The molecule has 5 heterocycles. The average Bonchev–Trinajstić information content (AvgIpc) is 3.36. The number of pyridine rings is 2. The maximum Gasteiger partial charge on any atom is 0.254 e. The molecule has 0 radical (unpaired) electrons. The molecule has 2 fully saturated rings. The molecule has 1 amide bonds. The number of amides is 1. The van der Waals surface area contributed by atoms with Crippen molar-refractivity contribution in [3.63, 3.8) is 0 Å². The van der Waals surface area contributed by atoms with Gasteiger partial charge in [-0.15, -0.1) is 0 Å². The molecule has 1 spiro atoms. The molecule has 1 aliphatic carbocycles. The molecule has 1 atom stereocenters. The molecule has 36 heavy (non-hydrogen) atoms. The fourth-order valence-electron chi connectivity index (χ4n) is 5.69. The lowest BCUT2D eigenvalue weighted by Crippen LogP contribution is -2.47. The Kier molecular flexibility index (Phi) is 4.59. The number of nitrogens with one attached hydrogen (secondary N) is 2. The fourth-order valence-corrected chi connectivity index (χ4v) is 5.69. The van der Waals surface area contributed by atoms with Gasteiger partial charge in [-0.05, 0) is 55.5 Å². The monoisotopic (exact) mass is 484 g/mol. The van der Waals surface area contributed by atoms with Crippen molar-refractivity contribution in [1.29, 1.82) is 0 Å². The van der Waals surface area contributed by atoms with E-state index in [2.05, 4.69) is 20.5 Å². The minimum absolute atomic E-state index is 0.142. The van der Waals surface area contributed by atoms with Gasteiger partial charge in [0.05, 0.1) is 41.1 Å². The first kappa shape index (κ1) is 21.3. The normalized spacial score (nSPS) is 20.0. The molecule has 4 aromatic rings. The van der Waals surface area contributed by atoms with E-state index in [1.54, 1.807) is 18.6 Å². The molecule has 2 aliphatic heterocycles. The first-order chi connectivity index (χ1) is 17.5. The minimum atomic E-state index is -0.343. The van der Waals surface area contributed by atoms with E-state index in [1.165, 1.54) is 12.1 Å². The van der Waals surface area contributed by atoms with Crippen LogP contribution in [0.1, 0.15) is 41.6 Å². The van der Waals surface area contributed by atoms with E-state index in [0.717, 1.165) is 54.0 Å². The Labute approximate surface area is 206 Å². The van der Waals surface area contributed by atoms with Crippen molar-refractivity contribution in [3.05, 3.63) is 71.9 Å². The lowest BCUT2D eigenvalue weighted by atomic mass is 9.98. The van der Waals surface area contributed by atoms with Gasteiger partial charge in [-0.3, -0.25) is 9.20 Å². The molecule has 3 aliphatic rings. The maximum atomic E-state index is 13.6. The Morgan fingerprint density at radius 2 is 2.00 bits per heavy atom. The SMILES string of the molecule is O=C1NCc2c(-c3cnc4cc(F)ccn34)ccc(Nc3ccc(N4CC(O)CCC45CC5)nc3)c21. The first-order valence-corrected chi connectivity index (χ1v) is 12.3. The molecule has 1 aromatic carbocycles. The van der Waals surface area contributed by atoms with E-state index in [4.69, 9.17) is 4.98 Å². The van der Waals surface area contributed by atoms with Crippen LogP contribution in [-0.2, 0) is 6.54 Å². The summed E-state index contributed by atoms with van der Waals surface area (Å²) in [5, 5.41) is 16.5. The Bertz CT molecular complexity index is 1510. The number of aromatic nitrogens is 3. The van der Waals surface area contributed by atoms with Crippen LogP contribution in [0, 0.1) is 5.82 Å². The summed E-state index contributed by atoms with van der Waals surface area (Å²) < 4.78 is 15.5. The summed E-state index contributed by atoms with van der Waals surface area (Å²) in [6, 6.07) is 10.6. The summed E-state index contributed by atoms with van der Waals surface area (Å²) in [4.78, 5) is 24.1. The largest absolute Gasteiger partial charge is 0.391 e. The number of rotatable bonds is 4. The Morgan fingerprint density at radius 1 is 1.11 bits per heavy atom. The van der Waals surface area contributed by atoms with Gasteiger partial charge >= 0.3 is 0 Å². The van der Waals surface area contributed by atoms with Gasteiger partial charge in [0.1, 0.15) is 17.3 Å². The number of fused-ring (bicyclic) bond motifs is 2. The van der Waals surface area contributed by atoms with E-state index in [0.29, 0.717) is 30.0 Å². The van der Waals surface area contributed by atoms with Crippen molar-refractivity contribution in [3.8, 4) is 11.3 Å². The van der Waals surface area contributed by atoms with Gasteiger partial charge in [0.2, 0.25) is 0 Å². The zero-order chi connectivity index (χ0) is 24.4. The van der Waals surface area contributed by atoms with Crippen LogP contribution in [0.15, 0.2) is 55.0 Å². The zero-order valence-electron chi connectivity index (χ0n) is 19.5. The number of anilines is 3. The van der Waals surface area contributed by atoms with Crippen molar-refractivity contribution >= 4 is 28.7 Å². The second-order valence-electron chi connectivity index (χ2n) is 9.97. The predicted octanol–water partition coefficient (Wildman–Crippen LogP) is 4.02. The summed E-state index contributed by atoms with van der Waals surface area (Å²) in [5.41, 5.74) is 5.29. The summed E-state index contributed by atoms with van der Waals surface area (Å²) >= 11 is 0. The fraction of sp³-hybridized carbons (Fsp3) is 0.296. The lowest BCUT2D eigenvalue weighted by molar-refractivity contribution is 0.0966. The standard InChI is InChI=1S/C27H25FN6O2/c28-16-6-10-33-22(14-30-24(33)11-16)19-2-3-21(25-20(19)13-31-26(25)36)32-17-1-4-23(29-12-17)34-15-18(35)5-7-27(34)8-9-27/h1-4,6,10-12,14,18,32,35H,5,7-9,13,15H2,(H,31,36). The number of aliphatic hydroxyl groups excluding tert-OH is 1. The number of carbonyl (C=O) groups is 1. The molecule has 182 valence electrons. The van der Waals surface area contributed by atoms with Crippen molar-refractivity contribution in [2.24, 2.45) is 0 Å². The Hall–Kier alpha value is -3.98. The van der Waals surface area contributed by atoms with Gasteiger partial charge in [0.15, 0.2) is 0 Å². The van der Waals surface area contributed by atoms with Gasteiger partial charge < -0.3 is 20.6 Å². The highest BCUT2D eigenvalue weighted by molar-refractivity contribution is 6.06. The molecule has 7 rings (SSSR count). The topological polar surface area (TPSA) is 94.8 Å². The lowest BCUT2D eigenvalue weighted by Gasteiger charge is -2.39. The molecule has 9 heteroatoms. The van der Waals surface area contributed by atoms with Crippen LogP contribution in [0.3, 0.4) is 0 Å². The van der Waals surface area contributed by atoms with E-state index in [1.807, 2.05) is 28.7 Å². The Balaban J connectivity index is 1.20. The van der Waals surface area contributed by atoms with E-state index >= 15 is 0 Å². The highest BCUT2D eigenvalue weighted by Crippen LogP contribution is 2.49. The summed E-state index contributed by atoms with van der Waals surface area (Å²) in [5.74, 6) is 0.389. The van der Waals surface area contributed by atoms with Crippen LogP contribution < -0.4 is 15.5 Å². The van der Waals surface area contributed by atoms with Gasteiger partial charge in [-0.25, -0.2) is 14.4 Å². The van der Waals surface area contributed by atoms with Gasteiger partial charge in [-0.1, -0.05) is 6.07 Å². The van der Waals surface area contributed by atoms with Crippen molar-refractivity contribution in [1.82, 2.24) is 19.7 Å². The average molecular weight is 485 g/mol. The second-order valence-corrected chi connectivity index (χ2v) is 9.97. The summed E-state index contributed by atoms with van der Waals surface area (Å²) in [6.07, 6.45) is 8.97. The van der Waals surface area contributed by atoms with Crippen molar-refractivity contribution < 1.29 is 14.3 Å².